The van der Waals surface area contributed by atoms with Crippen LogP contribution >= 0.6 is 0 Å². The first kappa shape index (κ1) is 16.2. The summed E-state index contributed by atoms with van der Waals surface area (Å²) in [7, 11) is 1.65. The van der Waals surface area contributed by atoms with Gasteiger partial charge in [0.15, 0.2) is 0 Å². The highest BCUT2D eigenvalue weighted by atomic mass is 16.1. The Morgan fingerprint density at radius 1 is 1.15 bits per heavy atom. The lowest BCUT2D eigenvalue weighted by Gasteiger charge is -2.11. The first-order valence-electron chi connectivity index (χ1n) is 9.51. The molecule has 2 heterocycles. The Balaban J connectivity index is 1.66. The molecule has 0 spiro atoms. The summed E-state index contributed by atoms with van der Waals surface area (Å²) in [5.74, 6) is 0.792. The summed E-state index contributed by atoms with van der Waals surface area (Å²) in [6, 6.07) is 8.46. The van der Waals surface area contributed by atoms with Crippen LogP contribution < -0.4 is 5.32 Å². The van der Waals surface area contributed by atoms with Crippen LogP contribution in [0.1, 0.15) is 52.4 Å². The molecule has 1 amide bonds. The maximum Gasteiger partial charge on any atom is 0.254 e. The zero-order valence-electron chi connectivity index (χ0n) is 15.3. The van der Waals surface area contributed by atoms with Gasteiger partial charge in [0.2, 0.25) is 0 Å². The van der Waals surface area contributed by atoms with E-state index in [2.05, 4.69) is 39.7 Å². The molecule has 0 bridgehead atoms. The average molecular weight is 359 g/mol. The van der Waals surface area contributed by atoms with E-state index in [0.717, 1.165) is 43.5 Å². The number of nitrogens with one attached hydrogen (secondary N) is 1. The van der Waals surface area contributed by atoms with Crippen molar-refractivity contribution in [3.05, 3.63) is 59.0 Å². The van der Waals surface area contributed by atoms with Crippen molar-refractivity contribution in [3.63, 3.8) is 0 Å². The molecule has 0 radical (unpaired) electrons. The summed E-state index contributed by atoms with van der Waals surface area (Å²) < 4.78 is 1.76. The minimum atomic E-state index is -0.108. The molecule has 1 saturated carbocycles. The fourth-order valence-corrected chi connectivity index (χ4v) is 3.93. The van der Waals surface area contributed by atoms with Gasteiger partial charge in [-0.15, -0.1) is 0 Å². The number of hydrogen-bond acceptors (Lipinski definition) is 4. The quantitative estimate of drug-likeness (QED) is 0.780. The maximum atomic E-state index is 12.2. The normalized spacial score (nSPS) is 15.6. The summed E-state index contributed by atoms with van der Waals surface area (Å²) in [5, 5.41) is 7.18. The van der Waals surface area contributed by atoms with Crippen molar-refractivity contribution in [3.8, 4) is 17.2 Å². The van der Waals surface area contributed by atoms with Crippen molar-refractivity contribution in [1.82, 2.24) is 25.1 Å². The second-order valence-corrected chi connectivity index (χ2v) is 7.26. The standard InChI is InChI=1S/C21H21N5O/c1-22-20(27)17-12-24-26(19(17)14-9-10-14)21-23-11-15-7-4-6-13-5-2-3-8-16(13)18(15)25-21/h2-3,5,8,11-12,14H,4,6-7,9-10H2,1H3,(H,22,27). The molecule has 1 N–H and O–H groups in total. The number of rotatable bonds is 3. The fraction of sp³-hybridized carbons (Fsp3) is 0.333. The summed E-state index contributed by atoms with van der Waals surface area (Å²) in [4.78, 5) is 21.8. The SMILES string of the molecule is CNC(=O)c1cnn(-c2ncc3c(n2)-c2ccccc2CCC3)c1C1CC1. The Morgan fingerprint density at radius 3 is 2.78 bits per heavy atom. The Labute approximate surface area is 157 Å². The van der Waals surface area contributed by atoms with Crippen molar-refractivity contribution < 1.29 is 4.79 Å². The molecular formula is C21H21N5O. The molecule has 0 saturated heterocycles. The summed E-state index contributed by atoms with van der Waals surface area (Å²) in [5.41, 5.74) is 6.23. The predicted octanol–water partition coefficient (Wildman–Crippen LogP) is 3.06. The van der Waals surface area contributed by atoms with Crippen molar-refractivity contribution in [2.45, 2.75) is 38.0 Å². The van der Waals surface area contributed by atoms with Gasteiger partial charge in [-0.2, -0.15) is 5.10 Å². The topological polar surface area (TPSA) is 72.7 Å². The van der Waals surface area contributed by atoms with Crippen LogP contribution in [0.2, 0.25) is 0 Å². The molecule has 27 heavy (non-hydrogen) atoms. The van der Waals surface area contributed by atoms with Gasteiger partial charge < -0.3 is 5.32 Å². The van der Waals surface area contributed by atoms with E-state index in [-0.39, 0.29) is 5.91 Å². The molecule has 2 aliphatic carbocycles. The molecule has 0 unspecified atom stereocenters. The van der Waals surface area contributed by atoms with E-state index in [0.29, 0.717) is 17.4 Å². The maximum absolute atomic E-state index is 12.2. The van der Waals surface area contributed by atoms with Gasteiger partial charge in [-0.25, -0.2) is 14.6 Å². The Bertz CT molecular complexity index is 1030. The second-order valence-electron chi connectivity index (χ2n) is 7.26. The molecule has 1 fully saturated rings. The number of aryl methyl sites for hydroxylation is 2. The summed E-state index contributed by atoms with van der Waals surface area (Å²) in [6.07, 6.45) is 8.84. The average Bonchev–Trinajstić information content (AvgIpc) is 3.48. The van der Waals surface area contributed by atoms with Gasteiger partial charge in [0.05, 0.1) is 23.1 Å². The third kappa shape index (κ3) is 2.72. The van der Waals surface area contributed by atoms with Crippen LogP contribution in [0.25, 0.3) is 17.2 Å². The van der Waals surface area contributed by atoms with Crippen molar-refractivity contribution in [2.75, 3.05) is 7.05 Å². The largest absolute Gasteiger partial charge is 0.355 e. The Hall–Kier alpha value is -3.02. The molecule has 2 aromatic heterocycles. The number of nitrogens with zero attached hydrogens (tertiary/aromatic N) is 4. The third-order valence-electron chi connectivity index (χ3n) is 5.45. The minimum Gasteiger partial charge on any atom is -0.355 e. The van der Waals surface area contributed by atoms with E-state index in [1.807, 2.05) is 6.20 Å². The number of fused-ring (bicyclic) bond motifs is 3. The van der Waals surface area contributed by atoms with Crippen LogP contribution in [0.4, 0.5) is 0 Å². The van der Waals surface area contributed by atoms with Gasteiger partial charge in [0.25, 0.3) is 11.9 Å². The number of aromatic nitrogens is 4. The van der Waals surface area contributed by atoms with Crippen molar-refractivity contribution >= 4 is 5.91 Å². The molecule has 0 aliphatic heterocycles. The molecular weight excluding hydrogens is 338 g/mol. The van der Waals surface area contributed by atoms with Gasteiger partial charge in [0.1, 0.15) is 0 Å². The van der Waals surface area contributed by atoms with E-state index < -0.39 is 0 Å². The number of carbonyl (C=O) groups excluding carboxylic acids is 1. The molecule has 5 rings (SSSR count). The molecule has 1 aromatic carbocycles. The molecule has 0 atom stereocenters. The van der Waals surface area contributed by atoms with E-state index in [4.69, 9.17) is 4.98 Å². The van der Waals surface area contributed by atoms with Gasteiger partial charge in [0, 0.05) is 24.7 Å². The van der Waals surface area contributed by atoms with Crippen LogP contribution in [-0.2, 0) is 12.8 Å². The van der Waals surface area contributed by atoms with Gasteiger partial charge in [-0.1, -0.05) is 24.3 Å². The van der Waals surface area contributed by atoms with Crippen LogP contribution in [-0.4, -0.2) is 32.7 Å². The Kier molecular flexibility index (Phi) is 3.77. The lowest BCUT2D eigenvalue weighted by molar-refractivity contribution is 0.0962. The predicted molar refractivity (Wildman–Crippen MR) is 102 cm³/mol. The lowest BCUT2D eigenvalue weighted by atomic mass is 10.0. The molecule has 6 nitrogen and oxygen atoms in total. The van der Waals surface area contributed by atoms with Crippen LogP contribution in [0, 0.1) is 0 Å². The molecule has 6 heteroatoms. The van der Waals surface area contributed by atoms with Crippen LogP contribution in [0.3, 0.4) is 0 Å². The number of carbonyl (C=O) groups is 1. The highest BCUT2D eigenvalue weighted by Crippen LogP contribution is 2.42. The zero-order chi connectivity index (χ0) is 18.4. The lowest BCUT2D eigenvalue weighted by Crippen LogP contribution is -2.19. The van der Waals surface area contributed by atoms with Gasteiger partial charge >= 0.3 is 0 Å². The molecule has 3 aromatic rings. The van der Waals surface area contributed by atoms with Crippen molar-refractivity contribution in [1.29, 1.82) is 0 Å². The smallest absolute Gasteiger partial charge is 0.254 e. The number of hydrogen-bond donors (Lipinski definition) is 1. The second kappa shape index (κ2) is 6.30. The van der Waals surface area contributed by atoms with E-state index in [1.165, 1.54) is 16.7 Å². The van der Waals surface area contributed by atoms with Crippen LogP contribution in [0.5, 0.6) is 0 Å². The van der Waals surface area contributed by atoms with E-state index in [9.17, 15) is 4.79 Å². The number of benzene rings is 1. The van der Waals surface area contributed by atoms with Crippen LogP contribution in [0.15, 0.2) is 36.7 Å². The van der Waals surface area contributed by atoms with Crippen molar-refractivity contribution in [2.24, 2.45) is 0 Å². The highest BCUT2D eigenvalue weighted by molar-refractivity contribution is 5.95. The fourth-order valence-electron chi connectivity index (χ4n) is 3.93. The molecule has 136 valence electrons. The zero-order valence-corrected chi connectivity index (χ0v) is 15.3. The van der Waals surface area contributed by atoms with Gasteiger partial charge in [-0.05, 0) is 43.2 Å². The third-order valence-corrected chi connectivity index (χ3v) is 5.45. The first-order valence-corrected chi connectivity index (χ1v) is 9.51. The molecule has 2 aliphatic rings. The van der Waals surface area contributed by atoms with E-state index in [1.54, 1.807) is 17.9 Å². The van der Waals surface area contributed by atoms with E-state index >= 15 is 0 Å². The summed E-state index contributed by atoms with van der Waals surface area (Å²) in [6.45, 7) is 0. The minimum absolute atomic E-state index is 0.108. The highest BCUT2D eigenvalue weighted by Gasteiger charge is 2.33. The first-order chi connectivity index (χ1) is 13.3. The summed E-state index contributed by atoms with van der Waals surface area (Å²) >= 11 is 0. The number of amides is 1. The monoisotopic (exact) mass is 359 g/mol. The van der Waals surface area contributed by atoms with Gasteiger partial charge in [-0.3, -0.25) is 4.79 Å². The Morgan fingerprint density at radius 2 is 1.96 bits per heavy atom.